The first-order valence-corrected chi connectivity index (χ1v) is 21.8. The summed E-state index contributed by atoms with van der Waals surface area (Å²) in [7, 11) is -2.43. The van der Waals surface area contributed by atoms with Crippen molar-refractivity contribution in [1.82, 2.24) is 0 Å². The second kappa shape index (κ2) is 9.92. The van der Waals surface area contributed by atoms with E-state index in [1.54, 1.807) is 0 Å². The third-order valence-electron chi connectivity index (χ3n) is 9.17. The summed E-state index contributed by atoms with van der Waals surface area (Å²) in [5.41, 5.74) is -0.758. The van der Waals surface area contributed by atoms with E-state index in [1.165, 1.54) is 11.6 Å². The van der Waals surface area contributed by atoms with E-state index in [9.17, 15) is 4.79 Å². The first-order chi connectivity index (χ1) is 16.7. The van der Waals surface area contributed by atoms with Crippen molar-refractivity contribution in [2.75, 3.05) is 13.7 Å². The normalized spacial score (nSPS) is 34.1. The van der Waals surface area contributed by atoms with Crippen LogP contribution in [0.3, 0.4) is 0 Å². The second-order valence-electron chi connectivity index (χ2n) is 13.5. The molecule has 8 heteroatoms. The van der Waals surface area contributed by atoms with Crippen molar-refractivity contribution in [1.29, 1.82) is 0 Å². The Hall–Kier alpha value is -0.477. The average molecular weight is 598 g/mol. The third-order valence-corrected chi connectivity index (χ3v) is 16.7. The van der Waals surface area contributed by atoms with Gasteiger partial charge in [-0.2, -0.15) is 0 Å². The zero-order chi connectivity index (χ0) is 26.6. The van der Waals surface area contributed by atoms with Crippen LogP contribution in [0.25, 0.3) is 0 Å². The zero-order valence-corrected chi connectivity index (χ0v) is 27.4. The van der Waals surface area contributed by atoms with Crippen molar-refractivity contribution in [2.45, 2.75) is 101 Å². The fourth-order valence-corrected chi connectivity index (χ4v) is 11.2. The molecule has 1 aliphatic heterocycles. The van der Waals surface area contributed by atoms with Gasteiger partial charge >= 0.3 is 227 Å². The molecule has 1 aromatic carbocycles. The van der Waals surface area contributed by atoms with Crippen LogP contribution in [0.1, 0.15) is 40.0 Å². The number of carbonyl (C=O) groups excluding carboxylic acids is 1. The van der Waals surface area contributed by atoms with Gasteiger partial charge in [-0.3, -0.25) is 0 Å². The van der Waals surface area contributed by atoms with Gasteiger partial charge in [-0.15, -0.1) is 0 Å². The predicted molar refractivity (Wildman–Crippen MR) is 151 cm³/mol. The topological polar surface area (TPSA) is 54.0 Å². The van der Waals surface area contributed by atoms with Crippen molar-refractivity contribution in [2.24, 2.45) is 16.7 Å². The van der Waals surface area contributed by atoms with Crippen LogP contribution in [-0.2, 0) is 23.1 Å². The molecule has 4 rings (SSSR count). The summed E-state index contributed by atoms with van der Waals surface area (Å²) in [6, 6.07) is 10.8. The van der Waals surface area contributed by atoms with Gasteiger partial charge in [0.25, 0.3) is 0 Å². The van der Waals surface area contributed by atoms with Crippen LogP contribution in [0.15, 0.2) is 30.3 Å². The molecule has 202 valence electrons. The minimum atomic E-state index is -1.99. The average Bonchev–Trinajstić information content (AvgIpc) is 2.79. The quantitative estimate of drug-likeness (QED) is 0.282. The standard InChI is InChI=1S/C28H46O5SeSi2/c1-26(2,3)36(8,9)32-22-18-27(15-16-34-20-13-11-10-12-14-20)23-17-21(22)31-19-28(23,25(29)30-4)24(27)33-35(5,6)7/h10-14,21-24H,15-19H2,1-9H3/t21-,22-,23+,24+,27-,28-/m1/s1. The molecule has 3 aliphatic rings. The number of rotatable bonds is 9. The van der Waals surface area contributed by atoms with Crippen molar-refractivity contribution in [3.63, 3.8) is 0 Å². The van der Waals surface area contributed by atoms with Crippen LogP contribution in [-0.4, -0.2) is 69.6 Å². The Bertz CT molecular complexity index is 943. The van der Waals surface area contributed by atoms with Crippen molar-refractivity contribution in [3.8, 4) is 0 Å². The third kappa shape index (κ3) is 4.96. The first kappa shape index (κ1) is 28.5. The fraction of sp³-hybridized carbons (Fsp3) is 0.750. The van der Waals surface area contributed by atoms with Gasteiger partial charge in [0.1, 0.15) is 0 Å². The molecule has 1 saturated heterocycles. The van der Waals surface area contributed by atoms with E-state index < -0.39 is 22.0 Å². The Morgan fingerprint density at radius 3 is 2.36 bits per heavy atom. The summed E-state index contributed by atoms with van der Waals surface area (Å²) in [4.78, 5) is 13.4. The summed E-state index contributed by atoms with van der Waals surface area (Å²) in [6.45, 7) is 18.6. The molecule has 2 aliphatic carbocycles. The summed E-state index contributed by atoms with van der Waals surface area (Å²) in [5, 5.41) is 1.26. The van der Waals surface area contributed by atoms with Crippen LogP contribution in [0.2, 0.25) is 43.1 Å². The molecule has 0 amide bonds. The van der Waals surface area contributed by atoms with Gasteiger partial charge in [-0.25, -0.2) is 0 Å². The molecular formula is C28H46O5SeSi2. The zero-order valence-electron chi connectivity index (χ0n) is 23.7. The number of ether oxygens (including phenoxy) is 2. The van der Waals surface area contributed by atoms with Gasteiger partial charge in [0.15, 0.2) is 0 Å². The number of benzene rings is 1. The number of esters is 1. The SMILES string of the molecule is COC(=O)[C@]12CO[C@@H]3C[C@H]1[C@@](CC[Se]c1ccccc1)(C[C@H]3O[Si](C)(C)C(C)(C)C)[C@@H]2O[Si](C)(C)C. The van der Waals surface area contributed by atoms with Crippen LogP contribution in [0.4, 0.5) is 0 Å². The number of hydrogen-bond acceptors (Lipinski definition) is 5. The molecule has 0 N–H and O–H groups in total. The fourth-order valence-electron chi connectivity index (χ4n) is 6.51. The molecule has 2 bridgehead atoms. The van der Waals surface area contributed by atoms with E-state index in [-0.39, 0.29) is 40.7 Å². The summed E-state index contributed by atoms with van der Waals surface area (Å²) >= 11 is 0.390. The van der Waals surface area contributed by atoms with Crippen LogP contribution in [0.5, 0.6) is 0 Å². The molecule has 3 fully saturated rings. The Morgan fingerprint density at radius 1 is 1.11 bits per heavy atom. The number of methoxy groups -OCH3 is 1. The van der Waals surface area contributed by atoms with Gasteiger partial charge in [0, 0.05) is 0 Å². The van der Waals surface area contributed by atoms with Crippen molar-refractivity contribution in [3.05, 3.63) is 30.3 Å². The van der Waals surface area contributed by atoms with E-state index in [4.69, 9.17) is 18.3 Å². The maximum atomic E-state index is 13.4. The summed E-state index contributed by atoms with van der Waals surface area (Å²) in [6.07, 6.45) is 2.75. The van der Waals surface area contributed by atoms with Gasteiger partial charge in [-0.05, 0) is 0 Å². The van der Waals surface area contributed by atoms with E-state index in [1.807, 2.05) is 0 Å². The monoisotopic (exact) mass is 598 g/mol. The molecule has 1 aromatic rings. The second-order valence-corrected chi connectivity index (χ2v) is 25.2. The number of fused-ring (bicyclic) bond motifs is 1. The van der Waals surface area contributed by atoms with Gasteiger partial charge in [0.2, 0.25) is 0 Å². The van der Waals surface area contributed by atoms with Crippen molar-refractivity contribution >= 4 is 42.0 Å². The van der Waals surface area contributed by atoms with Crippen LogP contribution < -0.4 is 4.46 Å². The number of hydrogen-bond donors (Lipinski definition) is 0. The van der Waals surface area contributed by atoms with E-state index in [0.717, 1.165) is 24.6 Å². The van der Waals surface area contributed by atoms with E-state index >= 15 is 0 Å². The summed E-state index contributed by atoms with van der Waals surface area (Å²) in [5.74, 6) is 0.0746. The van der Waals surface area contributed by atoms with Gasteiger partial charge in [0.05, 0.1) is 0 Å². The maximum absolute atomic E-state index is 13.4. The molecule has 0 unspecified atom stereocenters. The van der Waals surface area contributed by atoms with Crippen LogP contribution in [0, 0.1) is 16.7 Å². The molecule has 36 heavy (non-hydrogen) atoms. The first-order valence-electron chi connectivity index (χ1n) is 13.4. The molecule has 0 spiro atoms. The summed E-state index contributed by atoms with van der Waals surface area (Å²) < 4.78 is 27.4. The Balaban J connectivity index is 1.69. The van der Waals surface area contributed by atoms with Gasteiger partial charge in [-0.1, -0.05) is 0 Å². The molecule has 6 atom stereocenters. The van der Waals surface area contributed by atoms with Crippen LogP contribution >= 0.6 is 0 Å². The number of carbonyl (C=O) groups is 1. The molecule has 1 heterocycles. The van der Waals surface area contributed by atoms with E-state index in [2.05, 4.69) is 83.8 Å². The minimum absolute atomic E-state index is 0.0440. The molecule has 2 saturated carbocycles. The molecule has 0 radical (unpaired) electrons. The Labute approximate surface area is 226 Å². The molecule has 0 aromatic heterocycles. The Kier molecular flexibility index (Phi) is 7.87. The Morgan fingerprint density at radius 2 is 1.78 bits per heavy atom. The molecular weight excluding hydrogens is 551 g/mol. The predicted octanol–water partition coefficient (Wildman–Crippen LogP) is 5.40. The van der Waals surface area contributed by atoms with Crippen molar-refractivity contribution < 1.29 is 23.1 Å². The molecule has 5 nitrogen and oxygen atoms in total. The van der Waals surface area contributed by atoms with E-state index in [0.29, 0.717) is 21.6 Å². The van der Waals surface area contributed by atoms with Gasteiger partial charge < -0.3 is 0 Å².